The molecule has 2 saturated heterocycles. The zero-order chi connectivity index (χ0) is 13.0. The molecule has 0 aromatic rings. The van der Waals surface area contributed by atoms with Crippen molar-refractivity contribution in [3.8, 4) is 0 Å². The van der Waals surface area contributed by atoms with E-state index < -0.39 is 0 Å². The van der Waals surface area contributed by atoms with Gasteiger partial charge in [-0.25, -0.2) is 0 Å². The number of hydrogen-bond donors (Lipinski definition) is 0. The fourth-order valence-corrected chi connectivity index (χ4v) is 3.72. The van der Waals surface area contributed by atoms with Gasteiger partial charge in [0.25, 0.3) is 0 Å². The second-order valence-corrected chi connectivity index (χ2v) is 6.46. The number of rotatable bonds is 3. The zero-order valence-corrected chi connectivity index (χ0v) is 11.9. The Hall–Kier alpha value is -0.550. The van der Waals surface area contributed by atoms with Crippen molar-refractivity contribution in [3.63, 3.8) is 0 Å². The Labute approximate surface area is 113 Å². The Morgan fingerprint density at radius 3 is 2.72 bits per heavy atom. The number of nitrogens with zero attached hydrogens (tertiary/aromatic N) is 2. The number of Topliss-reactive ketones (excluding diaryl/α,β-unsaturated/α-hetero) is 1. The number of amides is 1. The monoisotopic (exact) mass is 270 g/mol. The van der Waals surface area contributed by atoms with Crippen LogP contribution in [0.1, 0.15) is 26.2 Å². The molecule has 0 saturated carbocycles. The van der Waals surface area contributed by atoms with Crippen LogP contribution in [0.2, 0.25) is 0 Å². The van der Waals surface area contributed by atoms with Crippen molar-refractivity contribution >= 4 is 23.5 Å². The van der Waals surface area contributed by atoms with Crippen LogP contribution >= 0.6 is 11.8 Å². The van der Waals surface area contributed by atoms with Gasteiger partial charge in [0.05, 0.1) is 6.54 Å². The first kappa shape index (κ1) is 13.9. The van der Waals surface area contributed by atoms with Gasteiger partial charge in [0.2, 0.25) is 5.91 Å². The van der Waals surface area contributed by atoms with Gasteiger partial charge in [0.1, 0.15) is 5.78 Å². The van der Waals surface area contributed by atoms with E-state index in [4.69, 9.17) is 0 Å². The summed E-state index contributed by atoms with van der Waals surface area (Å²) in [5.74, 6) is 1.62. The van der Waals surface area contributed by atoms with Gasteiger partial charge in [-0.05, 0) is 6.42 Å². The highest BCUT2D eigenvalue weighted by Gasteiger charge is 2.25. The number of carbonyl (C=O) groups excluding carboxylic acids is 2. The predicted molar refractivity (Wildman–Crippen MR) is 73.8 cm³/mol. The first-order valence-electron chi connectivity index (χ1n) is 6.82. The summed E-state index contributed by atoms with van der Waals surface area (Å²) in [7, 11) is 0. The number of thioether (sulfide) groups is 1. The first-order chi connectivity index (χ1) is 8.69. The molecule has 2 aliphatic heterocycles. The Balaban J connectivity index is 1.78. The average Bonchev–Trinajstić information content (AvgIpc) is 2.39. The minimum atomic E-state index is 0.198. The predicted octanol–water partition coefficient (Wildman–Crippen LogP) is 1.01. The second-order valence-electron chi connectivity index (χ2n) is 5.06. The lowest BCUT2D eigenvalue weighted by molar-refractivity contribution is -0.135. The number of hydrogen-bond acceptors (Lipinski definition) is 4. The van der Waals surface area contributed by atoms with Crippen LogP contribution < -0.4 is 0 Å². The number of carbonyl (C=O) groups is 2. The van der Waals surface area contributed by atoms with E-state index in [2.05, 4.69) is 11.8 Å². The summed E-state index contributed by atoms with van der Waals surface area (Å²) < 4.78 is 0. The Morgan fingerprint density at radius 1 is 1.33 bits per heavy atom. The topological polar surface area (TPSA) is 40.6 Å². The number of ketones is 1. The summed E-state index contributed by atoms with van der Waals surface area (Å²) in [5, 5.41) is 0.675. The molecule has 2 heterocycles. The van der Waals surface area contributed by atoms with Gasteiger partial charge in [0, 0.05) is 50.0 Å². The summed E-state index contributed by atoms with van der Waals surface area (Å²) in [6, 6.07) is 0. The molecule has 1 atom stereocenters. The maximum atomic E-state index is 12.1. The van der Waals surface area contributed by atoms with Crippen molar-refractivity contribution in [1.29, 1.82) is 0 Å². The van der Waals surface area contributed by atoms with Crippen molar-refractivity contribution in [2.45, 2.75) is 31.4 Å². The van der Waals surface area contributed by atoms with Gasteiger partial charge in [-0.3, -0.25) is 14.5 Å². The lowest BCUT2D eigenvalue weighted by atomic mass is 10.1. The van der Waals surface area contributed by atoms with Gasteiger partial charge in [-0.1, -0.05) is 6.92 Å². The number of piperidine rings is 1. The third kappa shape index (κ3) is 3.72. The van der Waals surface area contributed by atoms with Crippen LogP contribution in [-0.4, -0.2) is 65.2 Å². The smallest absolute Gasteiger partial charge is 0.236 e. The molecule has 1 amide bonds. The van der Waals surface area contributed by atoms with Crippen molar-refractivity contribution in [2.24, 2.45) is 0 Å². The normalized spacial score (nSPS) is 26.4. The third-order valence-corrected chi connectivity index (χ3v) is 5.08. The largest absolute Gasteiger partial charge is 0.341 e. The maximum Gasteiger partial charge on any atom is 0.236 e. The SMILES string of the molecule is CCC1CN(CC(=O)N2CCC(=O)CC2)CCS1. The molecule has 5 heteroatoms. The molecule has 0 N–H and O–H groups in total. The summed E-state index contributed by atoms with van der Waals surface area (Å²) >= 11 is 2.02. The van der Waals surface area contributed by atoms with Crippen LogP contribution in [0, 0.1) is 0 Å². The van der Waals surface area contributed by atoms with Crippen LogP contribution in [0.3, 0.4) is 0 Å². The third-order valence-electron chi connectivity index (χ3n) is 3.71. The molecule has 0 aromatic carbocycles. The van der Waals surface area contributed by atoms with E-state index in [1.54, 1.807) is 0 Å². The molecule has 0 aromatic heterocycles. The summed E-state index contributed by atoms with van der Waals surface area (Å²) in [6.07, 6.45) is 2.26. The van der Waals surface area contributed by atoms with Gasteiger partial charge < -0.3 is 4.90 Å². The van der Waals surface area contributed by atoms with Gasteiger partial charge in [0.15, 0.2) is 0 Å². The van der Waals surface area contributed by atoms with Crippen LogP contribution in [0.4, 0.5) is 0 Å². The van der Waals surface area contributed by atoms with E-state index in [0.717, 1.165) is 18.8 Å². The molecular formula is C13H22N2O2S. The standard InChI is InChI=1S/C13H22N2O2S/c1-2-12-9-14(7-8-18-12)10-13(17)15-5-3-11(16)4-6-15/h12H,2-10H2,1H3. The lowest BCUT2D eigenvalue weighted by Gasteiger charge is -2.34. The molecule has 0 bridgehead atoms. The molecule has 0 radical (unpaired) electrons. The van der Waals surface area contributed by atoms with E-state index in [0.29, 0.717) is 43.5 Å². The lowest BCUT2D eigenvalue weighted by Crippen LogP contribution is -2.47. The molecule has 2 fully saturated rings. The Kier molecular flexibility index (Phi) is 5.06. The van der Waals surface area contributed by atoms with Crippen LogP contribution in [-0.2, 0) is 9.59 Å². The van der Waals surface area contributed by atoms with Crippen LogP contribution in [0.15, 0.2) is 0 Å². The molecule has 102 valence electrons. The molecule has 1 unspecified atom stereocenters. The minimum Gasteiger partial charge on any atom is -0.341 e. The molecule has 2 aliphatic rings. The molecule has 4 nitrogen and oxygen atoms in total. The van der Waals surface area contributed by atoms with Gasteiger partial charge in [-0.15, -0.1) is 0 Å². The quantitative estimate of drug-likeness (QED) is 0.767. The van der Waals surface area contributed by atoms with Crippen molar-refractivity contribution in [2.75, 3.05) is 38.5 Å². The fourth-order valence-electron chi connectivity index (χ4n) is 2.47. The van der Waals surface area contributed by atoms with Crippen molar-refractivity contribution < 1.29 is 9.59 Å². The average molecular weight is 270 g/mol. The van der Waals surface area contributed by atoms with E-state index in [1.807, 2.05) is 16.7 Å². The summed E-state index contributed by atoms with van der Waals surface area (Å²) in [5.41, 5.74) is 0. The van der Waals surface area contributed by atoms with Crippen molar-refractivity contribution in [1.82, 2.24) is 9.80 Å². The maximum absolute atomic E-state index is 12.1. The summed E-state index contributed by atoms with van der Waals surface area (Å²) in [6.45, 7) is 6.03. The highest BCUT2D eigenvalue weighted by Crippen LogP contribution is 2.21. The Bertz CT molecular complexity index is 312. The van der Waals surface area contributed by atoms with Crippen LogP contribution in [0.25, 0.3) is 0 Å². The second kappa shape index (κ2) is 6.57. The van der Waals surface area contributed by atoms with E-state index in [1.165, 1.54) is 6.42 Å². The molecule has 18 heavy (non-hydrogen) atoms. The van der Waals surface area contributed by atoms with E-state index in [9.17, 15) is 9.59 Å². The van der Waals surface area contributed by atoms with Crippen LogP contribution in [0.5, 0.6) is 0 Å². The number of likely N-dealkylation sites (tertiary alicyclic amines) is 1. The minimum absolute atomic E-state index is 0.198. The fraction of sp³-hybridized carbons (Fsp3) is 0.846. The molecular weight excluding hydrogens is 248 g/mol. The highest BCUT2D eigenvalue weighted by molar-refractivity contribution is 8.00. The zero-order valence-electron chi connectivity index (χ0n) is 11.1. The molecule has 2 rings (SSSR count). The Morgan fingerprint density at radius 2 is 2.06 bits per heavy atom. The molecule has 0 spiro atoms. The van der Waals surface area contributed by atoms with Gasteiger partial charge in [-0.2, -0.15) is 11.8 Å². The van der Waals surface area contributed by atoms with E-state index >= 15 is 0 Å². The van der Waals surface area contributed by atoms with E-state index in [-0.39, 0.29) is 5.91 Å². The highest BCUT2D eigenvalue weighted by atomic mass is 32.2. The van der Waals surface area contributed by atoms with Gasteiger partial charge >= 0.3 is 0 Å². The van der Waals surface area contributed by atoms with Crippen molar-refractivity contribution in [3.05, 3.63) is 0 Å². The summed E-state index contributed by atoms with van der Waals surface area (Å²) in [4.78, 5) is 27.4. The molecule has 0 aliphatic carbocycles. The first-order valence-corrected chi connectivity index (χ1v) is 7.87.